The highest BCUT2D eigenvalue weighted by molar-refractivity contribution is 5.29. The van der Waals surface area contributed by atoms with Crippen molar-refractivity contribution in [3.8, 4) is 5.75 Å². The third-order valence-electron chi connectivity index (χ3n) is 3.72. The first-order chi connectivity index (χ1) is 8.24. The van der Waals surface area contributed by atoms with E-state index >= 15 is 0 Å². The summed E-state index contributed by atoms with van der Waals surface area (Å²) in [5.41, 5.74) is 1.31. The molecule has 0 radical (unpaired) electrons. The quantitative estimate of drug-likeness (QED) is 0.867. The Morgan fingerprint density at radius 3 is 2.65 bits per heavy atom. The number of nitrogens with zero attached hydrogens (tertiary/aromatic N) is 1. The van der Waals surface area contributed by atoms with Crippen LogP contribution in [0, 0.1) is 5.92 Å². The van der Waals surface area contributed by atoms with Crippen LogP contribution < -0.4 is 4.74 Å². The Hall–Kier alpha value is -1.06. The molecule has 1 aliphatic rings. The average molecular weight is 235 g/mol. The fourth-order valence-corrected chi connectivity index (χ4v) is 2.46. The van der Waals surface area contributed by atoms with Gasteiger partial charge in [0.25, 0.3) is 0 Å². The first-order valence-electron chi connectivity index (χ1n) is 6.23. The molecular weight excluding hydrogens is 214 g/mol. The van der Waals surface area contributed by atoms with E-state index in [1.54, 1.807) is 7.11 Å². The van der Waals surface area contributed by atoms with Crippen LogP contribution in [-0.2, 0) is 0 Å². The highest BCUT2D eigenvalue weighted by Crippen LogP contribution is 2.28. The van der Waals surface area contributed by atoms with Gasteiger partial charge < -0.3 is 9.84 Å². The van der Waals surface area contributed by atoms with Crippen LogP contribution in [0.4, 0.5) is 0 Å². The average Bonchev–Trinajstić information content (AvgIpc) is 2.87. The minimum atomic E-state index is 0.311. The first kappa shape index (κ1) is 12.4. The summed E-state index contributed by atoms with van der Waals surface area (Å²) in [7, 11) is 1.69. The van der Waals surface area contributed by atoms with Crippen LogP contribution in [0.1, 0.15) is 24.9 Å². The summed E-state index contributed by atoms with van der Waals surface area (Å²) in [4.78, 5) is 2.43. The van der Waals surface area contributed by atoms with Crippen LogP contribution in [0.15, 0.2) is 24.3 Å². The lowest BCUT2D eigenvalue weighted by molar-refractivity contribution is 0.204. The van der Waals surface area contributed by atoms with Crippen molar-refractivity contribution in [1.29, 1.82) is 0 Å². The molecule has 1 fully saturated rings. The molecule has 1 aliphatic heterocycles. The van der Waals surface area contributed by atoms with Gasteiger partial charge in [0.05, 0.1) is 7.11 Å². The van der Waals surface area contributed by atoms with E-state index < -0.39 is 0 Å². The molecule has 94 valence electrons. The van der Waals surface area contributed by atoms with Gasteiger partial charge in [-0.1, -0.05) is 12.1 Å². The van der Waals surface area contributed by atoms with Gasteiger partial charge in [0.1, 0.15) is 5.75 Å². The number of hydrogen-bond acceptors (Lipinski definition) is 3. The number of aliphatic hydroxyl groups excluding tert-OH is 1. The summed E-state index contributed by atoms with van der Waals surface area (Å²) in [6.45, 7) is 4.62. The van der Waals surface area contributed by atoms with Crippen LogP contribution >= 0.6 is 0 Å². The summed E-state index contributed by atoms with van der Waals surface area (Å²) in [5, 5.41) is 9.16. The molecule has 0 aromatic heterocycles. The summed E-state index contributed by atoms with van der Waals surface area (Å²) in [6.07, 6.45) is 1.11. The van der Waals surface area contributed by atoms with Crippen molar-refractivity contribution < 1.29 is 9.84 Å². The Balaban J connectivity index is 2.01. The van der Waals surface area contributed by atoms with Crippen molar-refractivity contribution in [2.75, 3.05) is 26.8 Å². The van der Waals surface area contributed by atoms with E-state index in [-0.39, 0.29) is 0 Å². The number of methoxy groups -OCH3 is 1. The number of benzene rings is 1. The second-order valence-electron chi connectivity index (χ2n) is 4.78. The maximum atomic E-state index is 9.16. The first-order valence-corrected chi connectivity index (χ1v) is 6.23. The molecule has 3 heteroatoms. The van der Waals surface area contributed by atoms with Crippen LogP contribution in [0.5, 0.6) is 5.75 Å². The lowest BCUT2D eigenvalue weighted by Crippen LogP contribution is -2.25. The molecule has 1 saturated heterocycles. The maximum Gasteiger partial charge on any atom is 0.118 e. The Labute approximate surface area is 103 Å². The molecule has 2 atom stereocenters. The van der Waals surface area contributed by atoms with Gasteiger partial charge in [-0.25, -0.2) is 0 Å². The molecular formula is C14H21NO2. The number of likely N-dealkylation sites (tertiary alicyclic amines) is 1. The van der Waals surface area contributed by atoms with Gasteiger partial charge in [-0.3, -0.25) is 4.90 Å². The molecule has 1 aromatic rings. The molecule has 0 saturated carbocycles. The highest BCUT2D eigenvalue weighted by Gasteiger charge is 2.26. The molecule has 17 heavy (non-hydrogen) atoms. The van der Waals surface area contributed by atoms with E-state index in [1.165, 1.54) is 5.56 Å². The fraction of sp³-hybridized carbons (Fsp3) is 0.571. The zero-order valence-corrected chi connectivity index (χ0v) is 10.6. The van der Waals surface area contributed by atoms with Gasteiger partial charge in [0, 0.05) is 19.2 Å². The molecule has 0 aliphatic carbocycles. The molecule has 0 bridgehead atoms. The van der Waals surface area contributed by atoms with E-state index in [4.69, 9.17) is 9.84 Å². The lowest BCUT2D eigenvalue weighted by Gasteiger charge is -2.24. The van der Waals surface area contributed by atoms with Gasteiger partial charge in [0.15, 0.2) is 0 Å². The largest absolute Gasteiger partial charge is 0.497 e. The van der Waals surface area contributed by atoms with Crippen molar-refractivity contribution >= 4 is 0 Å². The SMILES string of the molecule is COc1ccc([C@@H](C)N2CCC(CO)C2)cc1. The summed E-state index contributed by atoms with van der Waals surface area (Å²) < 4.78 is 5.16. The minimum absolute atomic E-state index is 0.311. The van der Waals surface area contributed by atoms with E-state index in [1.807, 2.05) is 12.1 Å². The zero-order valence-electron chi connectivity index (χ0n) is 10.6. The van der Waals surface area contributed by atoms with E-state index in [0.717, 1.165) is 25.3 Å². The molecule has 2 rings (SSSR count). The smallest absolute Gasteiger partial charge is 0.118 e. The molecule has 1 heterocycles. The maximum absolute atomic E-state index is 9.16. The second-order valence-corrected chi connectivity index (χ2v) is 4.78. The van der Waals surface area contributed by atoms with Crippen LogP contribution in [-0.4, -0.2) is 36.8 Å². The predicted octanol–water partition coefficient (Wildman–Crippen LogP) is 2.07. The van der Waals surface area contributed by atoms with Gasteiger partial charge in [-0.05, 0) is 43.5 Å². The summed E-state index contributed by atoms with van der Waals surface area (Å²) >= 11 is 0. The molecule has 3 nitrogen and oxygen atoms in total. The third-order valence-corrected chi connectivity index (χ3v) is 3.72. The number of aliphatic hydroxyl groups is 1. The van der Waals surface area contributed by atoms with Crippen LogP contribution in [0.2, 0.25) is 0 Å². The van der Waals surface area contributed by atoms with E-state index in [2.05, 4.69) is 24.0 Å². The topological polar surface area (TPSA) is 32.7 Å². The normalized spacial score (nSPS) is 22.6. The van der Waals surface area contributed by atoms with E-state index in [9.17, 15) is 0 Å². The predicted molar refractivity (Wildman–Crippen MR) is 68.2 cm³/mol. The Morgan fingerprint density at radius 1 is 1.41 bits per heavy atom. The molecule has 1 unspecified atom stereocenters. The Bertz CT molecular complexity index is 350. The number of ether oxygens (including phenoxy) is 1. The molecule has 0 spiro atoms. The number of hydrogen-bond donors (Lipinski definition) is 1. The highest BCUT2D eigenvalue weighted by atomic mass is 16.5. The monoisotopic (exact) mass is 235 g/mol. The zero-order chi connectivity index (χ0) is 12.3. The van der Waals surface area contributed by atoms with Crippen molar-refractivity contribution in [2.45, 2.75) is 19.4 Å². The Kier molecular flexibility index (Phi) is 4.02. The van der Waals surface area contributed by atoms with Gasteiger partial charge in [-0.15, -0.1) is 0 Å². The van der Waals surface area contributed by atoms with Crippen molar-refractivity contribution in [2.24, 2.45) is 5.92 Å². The van der Waals surface area contributed by atoms with Crippen LogP contribution in [0.3, 0.4) is 0 Å². The molecule has 1 aromatic carbocycles. The third kappa shape index (κ3) is 2.79. The lowest BCUT2D eigenvalue weighted by atomic mass is 10.1. The van der Waals surface area contributed by atoms with Gasteiger partial charge >= 0.3 is 0 Å². The number of rotatable bonds is 4. The van der Waals surface area contributed by atoms with Gasteiger partial charge in [-0.2, -0.15) is 0 Å². The fourth-order valence-electron chi connectivity index (χ4n) is 2.46. The molecule has 1 N–H and O–H groups in total. The minimum Gasteiger partial charge on any atom is -0.497 e. The summed E-state index contributed by atoms with van der Waals surface area (Å²) in [6, 6.07) is 8.67. The summed E-state index contributed by atoms with van der Waals surface area (Å²) in [5.74, 6) is 1.35. The van der Waals surface area contributed by atoms with Crippen molar-refractivity contribution in [3.63, 3.8) is 0 Å². The Morgan fingerprint density at radius 2 is 2.12 bits per heavy atom. The van der Waals surface area contributed by atoms with Crippen molar-refractivity contribution in [3.05, 3.63) is 29.8 Å². The van der Waals surface area contributed by atoms with Crippen LogP contribution in [0.25, 0.3) is 0 Å². The van der Waals surface area contributed by atoms with Gasteiger partial charge in [0.2, 0.25) is 0 Å². The standard InChI is InChI=1S/C14H21NO2/c1-11(15-8-7-12(9-15)10-16)13-3-5-14(17-2)6-4-13/h3-6,11-12,16H,7-10H2,1-2H3/t11-,12?/m1/s1. The molecule has 0 amide bonds. The second kappa shape index (κ2) is 5.52. The van der Waals surface area contributed by atoms with E-state index in [0.29, 0.717) is 18.6 Å². The van der Waals surface area contributed by atoms with Crippen molar-refractivity contribution in [1.82, 2.24) is 4.90 Å².